The Balaban J connectivity index is 2.79. The minimum Gasteiger partial charge on any atom is -0.492 e. The lowest BCUT2D eigenvalue weighted by Gasteiger charge is -2.12. The highest BCUT2D eigenvalue weighted by atomic mass is 32.2. The van der Waals surface area contributed by atoms with Gasteiger partial charge in [0, 0.05) is 5.69 Å². The van der Waals surface area contributed by atoms with Crippen molar-refractivity contribution in [2.24, 2.45) is 0 Å². The number of nitrogens with two attached hydrogens (primary N) is 1. The summed E-state index contributed by atoms with van der Waals surface area (Å²) in [7, 11) is -1.88. The number of hydrogen-bond donors (Lipinski definition) is 1. The summed E-state index contributed by atoms with van der Waals surface area (Å²) >= 11 is 0. The summed E-state index contributed by atoms with van der Waals surface area (Å²) in [6.07, 6.45) is 0.564. The molecule has 1 aromatic carbocycles. The second-order valence-electron chi connectivity index (χ2n) is 4.21. The lowest BCUT2D eigenvalue weighted by atomic mass is 10.1. The number of methoxy groups -OCH3 is 1. The van der Waals surface area contributed by atoms with Crippen molar-refractivity contribution in [1.82, 2.24) is 0 Å². The molecule has 0 saturated carbocycles. The Hall–Kier alpha value is -1.76. The highest BCUT2D eigenvalue weighted by molar-refractivity contribution is 7.91. The van der Waals surface area contributed by atoms with Crippen molar-refractivity contribution in [3.05, 3.63) is 23.8 Å². The van der Waals surface area contributed by atoms with Crippen molar-refractivity contribution in [1.29, 1.82) is 0 Å². The summed E-state index contributed by atoms with van der Waals surface area (Å²) in [5, 5.41) is 0. The van der Waals surface area contributed by atoms with Crippen molar-refractivity contribution < 1.29 is 22.7 Å². The Morgan fingerprint density at radius 3 is 2.60 bits per heavy atom. The van der Waals surface area contributed by atoms with Gasteiger partial charge in [0.1, 0.15) is 17.9 Å². The molecule has 0 aromatic heterocycles. The molecule has 20 heavy (non-hydrogen) atoms. The van der Waals surface area contributed by atoms with Gasteiger partial charge in [0.25, 0.3) is 0 Å². The smallest absolute Gasteiger partial charge is 0.343 e. The number of nitrogen functional groups attached to an aromatic ring is 1. The third-order valence-corrected chi connectivity index (χ3v) is 4.43. The first-order valence-electron chi connectivity index (χ1n) is 6.21. The molecule has 0 bridgehead atoms. The molecule has 0 aliphatic heterocycles. The van der Waals surface area contributed by atoms with E-state index in [4.69, 9.17) is 10.5 Å². The number of hydrogen-bond acceptors (Lipinski definition) is 6. The van der Waals surface area contributed by atoms with Crippen LogP contribution in [0, 0.1) is 0 Å². The fourth-order valence-corrected chi connectivity index (χ4v) is 2.84. The zero-order valence-electron chi connectivity index (χ0n) is 11.6. The molecule has 1 rings (SSSR count). The van der Waals surface area contributed by atoms with Gasteiger partial charge < -0.3 is 15.2 Å². The Labute approximate surface area is 118 Å². The number of esters is 1. The molecule has 0 fully saturated rings. The quantitative estimate of drug-likeness (QED) is 0.601. The number of rotatable bonds is 7. The Kier molecular flexibility index (Phi) is 5.82. The van der Waals surface area contributed by atoms with E-state index in [1.54, 1.807) is 25.1 Å². The van der Waals surface area contributed by atoms with Crippen LogP contribution in [-0.4, -0.2) is 39.6 Å². The second kappa shape index (κ2) is 7.14. The molecule has 0 unspecified atom stereocenters. The maximum absolute atomic E-state index is 11.6. The molecule has 7 heteroatoms. The van der Waals surface area contributed by atoms with Crippen LogP contribution in [0.1, 0.15) is 23.7 Å². The zero-order chi connectivity index (χ0) is 15.2. The molecule has 0 aliphatic carbocycles. The van der Waals surface area contributed by atoms with Crippen LogP contribution in [0.3, 0.4) is 0 Å². The van der Waals surface area contributed by atoms with E-state index in [0.717, 1.165) is 0 Å². The summed E-state index contributed by atoms with van der Waals surface area (Å²) < 4.78 is 33.1. The molecule has 0 atom stereocenters. The number of sulfone groups is 1. The molecule has 0 amide bonds. The second-order valence-corrected chi connectivity index (χ2v) is 6.52. The van der Waals surface area contributed by atoms with Crippen LogP contribution in [0.2, 0.25) is 0 Å². The number of benzene rings is 1. The molecular formula is C13H19NO5S. The van der Waals surface area contributed by atoms with Crippen molar-refractivity contribution in [2.75, 3.05) is 31.0 Å². The van der Waals surface area contributed by atoms with E-state index in [2.05, 4.69) is 4.74 Å². The van der Waals surface area contributed by atoms with Gasteiger partial charge in [0.2, 0.25) is 0 Å². The van der Waals surface area contributed by atoms with Gasteiger partial charge in [-0.05, 0) is 18.6 Å². The van der Waals surface area contributed by atoms with Gasteiger partial charge in [-0.2, -0.15) is 0 Å². The van der Waals surface area contributed by atoms with Crippen LogP contribution in [0.15, 0.2) is 18.2 Å². The van der Waals surface area contributed by atoms with E-state index in [9.17, 15) is 13.2 Å². The third-order valence-electron chi connectivity index (χ3n) is 2.62. The molecule has 0 aliphatic rings. The van der Waals surface area contributed by atoms with Gasteiger partial charge in [-0.3, -0.25) is 0 Å². The summed E-state index contributed by atoms with van der Waals surface area (Å²) in [6.45, 7) is 1.77. The fraction of sp³-hybridized carbons (Fsp3) is 0.462. The highest BCUT2D eigenvalue weighted by Crippen LogP contribution is 2.25. The van der Waals surface area contributed by atoms with Gasteiger partial charge in [0.15, 0.2) is 9.84 Å². The normalized spacial score (nSPS) is 11.1. The highest BCUT2D eigenvalue weighted by Gasteiger charge is 2.17. The van der Waals surface area contributed by atoms with E-state index in [0.29, 0.717) is 6.42 Å². The largest absolute Gasteiger partial charge is 0.492 e. The minimum absolute atomic E-state index is 0.0320. The molecule has 0 spiro atoms. The van der Waals surface area contributed by atoms with Gasteiger partial charge in [-0.1, -0.05) is 13.0 Å². The number of carbonyl (C=O) groups excluding carboxylic acids is 1. The van der Waals surface area contributed by atoms with Crippen molar-refractivity contribution in [3.8, 4) is 5.75 Å². The SMILES string of the molecule is CCCS(=O)(=O)CCOc1cccc(N)c1C(=O)OC. The van der Waals surface area contributed by atoms with Gasteiger partial charge >= 0.3 is 5.97 Å². The lowest BCUT2D eigenvalue weighted by Crippen LogP contribution is -2.18. The standard InChI is InChI=1S/C13H19NO5S/c1-3-8-20(16,17)9-7-19-11-6-4-5-10(14)12(11)13(15)18-2/h4-6H,3,7-9,14H2,1-2H3. The van der Waals surface area contributed by atoms with Gasteiger partial charge in [-0.15, -0.1) is 0 Å². The van der Waals surface area contributed by atoms with E-state index in [-0.39, 0.29) is 35.1 Å². The van der Waals surface area contributed by atoms with Gasteiger partial charge in [0.05, 0.1) is 18.6 Å². The van der Waals surface area contributed by atoms with Crippen LogP contribution >= 0.6 is 0 Å². The zero-order valence-corrected chi connectivity index (χ0v) is 12.4. The predicted molar refractivity (Wildman–Crippen MR) is 76.6 cm³/mol. The first-order valence-corrected chi connectivity index (χ1v) is 8.03. The van der Waals surface area contributed by atoms with E-state index < -0.39 is 15.8 Å². The predicted octanol–water partition coefficient (Wildman–Crippen LogP) is 1.26. The maximum atomic E-state index is 11.6. The van der Waals surface area contributed by atoms with Crippen molar-refractivity contribution in [2.45, 2.75) is 13.3 Å². The lowest BCUT2D eigenvalue weighted by molar-refractivity contribution is 0.0597. The number of anilines is 1. The van der Waals surface area contributed by atoms with Crippen molar-refractivity contribution in [3.63, 3.8) is 0 Å². The number of carbonyl (C=O) groups is 1. The van der Waals surface area contributed by atoms with E-state index >= 15 is 0 Å². The molecule has 6 nitrogen and oxygen atoms in total. The van der Waals surface area contributed by atoms with E-state index in [1.165, 1.54) is 7.11 Å². The summed E-state index contributed by atoms with van der Waals surface area (Å²) in [5.41, 5.74) is 6.05. The topological polar surface area (TPSA) is 95.7 Å². The third kappa shape index (κ3) is 4.41. The van der Waals surface area contributed by atoms with Crippen molar-refractivity contribution >= 4 is 21.5 Å². The van der Waals surface area contributed by atoms with Crippen LogP contribution in [0.5, 0.6) is 5.75 Å². The average Bonchev–Trinajstić information content (AvgIpc) is 2.37. The van der Waals surface area contributed by atoms with Crippen LogP contribution in [-0.2, 0) is 14.6 Å². The summed E-state index contributed by atoms with van der Waals surface area (Å²) in [5.74, 6) is -0.369. The maximum Gasteiger partial charge on any atom is 0.343 e. The van der Waals surface area contributed by atoms with Crippen LogP contribution in [0.4, 0.5) is 5.69 Å². The minimum atomic E-state index is -3.12. The van der Waals surface area contributed by atoms with Crippen LogP contribution < -0.4 is 10.5 Å². The Morgan fingerprint density at radius 1 is 1.30 bits per heavy atom. The molecule has 0 heterocycles. The number of ether oxygens (including phenoxy) is 2. The Bertz CT molecular complexity index is 568. The molecule has 2 N–H and O–H groups in total. The molecule has 0 saturated heterocycles. The molecule has 112 valence electrons. The Morgan fingerprint density at radius 2 is 2.00 bits per heavy atom. The van der Waals surface area contributed by atoms with Gasteiger partial charge in [-0.25, -0.2) is 13.2 Å². The first-order chi connectivity index (χ1) is 9.41. The molecule has 1 aromatic rings. The first kappa shape index (κ1) is 16.3. The summed E-state index contributed by atoms with van der Waals surface area (Å²) in [4.78, 5) is 11.6. The van der Waals surface area contributed by atoms with Crippen LogP contribution in [0.25, 0.3) is 0 Å². The molecular weight excluding hydrogens is 282 g/mol. The summed E-state index contributed by atoms with van der Waals surface area (Å²) in [6, 6.07) is 4.72. The monoisotopic (exact) mass is 301 g/mol. The average molecular weight is 301 g/mol. The van der Waals surface area contributed by atoms with E-state index in [1.807, 2.05) is 0 Å². The molecule has 0 radical (unpaired) electrons. The fourth-order valence-electron chi connectivity index (χ4n) is 1.68.